The van der Waals surface area contributed by atoms with Crippen LogP contribution in [0.3, 0.4) is 0 Å². The zero-order valence-corrected chi connectivity index (χ0v) is 23.4. The van der Waals surface area contributed by atoms with E-state index in [9.17, 15) is 9.59 Å². The number of hydrogen-bond acceptors (Lipinski definition) is 9. The third-order valence-corrected chi connectivity index (χ3v) is 7.44. The van der Waals surface area contributed by atoms with Crippen LogP contribution in [0.4, 0.5) is 0 Å². The highest BCUT2D eigenvalue weighted by molar-refractivity contribution is 7.17. The highest BCUT2D eigenvalue weighted by Gasteiger charge is 2.29. The van der Waals surface area contributed by atoms with Crippen molar-refractivity contribution in [3.05, 3.63) is 62.5 Å². The number of fused-ring (bicyclic) bond motifs is 3. The summed E-state index contributed by atoms with van der Waals surface area (Å²) in [6.07, 6.45) is 0.637. The first kappa shape index (κ1) is 28.8. The first-order chi connectivity index (χ1) is 19.0. The molecule has 2 aromatic heterocycles. The topological polar surface area (TPSA) is 129 Å². The summed E-state index contributed by atoms with van der Waals surface area (Å²) in [4.78, 5) is 28.8. The fraction of sp³-hybridized carbons (Fsp3) is 0.423. The predicted molar refractivity (Wildman–Crippen MR) is 148 cm³/mol. The van der Waals surface area contributed by atoms with Gasteiger partial charge in [0.05, 0.1) is 50.2 Å². The van der Waals surface area contributed by atoms with E-state index in [4.69, 9.17) is 30.8 Å². The lowest BCUT2D eigenvalue weighted by Gasteiger charge is -2.09. The molecule has 2 amide bonds. The van der Waals surface area contributed by atoms with E-state index in [1.165, 1.54) is 11.3 Å². The first-order valence-electron chi connectivity index (χ1n) is 12.5. The number of amides is 2. The molecule has 0 bridgehead atoms. The Bertz CT molecular complexity index is 1310. The van der Waals surface area contributed by atoms with Gasteiger partial charge in [0.1, 0.15) is 17.4 Å². The maximum Gasteiger partial charge on any atom is 0.261 e. The second kappa shape index (κ2) is 14.3. The molecule has 0 spiro atoms. The third-order valence-electron chi connectivity index (χ3n) is 5.91. The van der Waals surface area contributed by atoms with Crippen molar-refractivity contribution in [2.75, 3.05) is 52.7 Å². The lowest BCUT2D eigenvalue weighted by Crippen LogP contribution is -2.27. The maximum absolute atomic E-state index is 13.2. The zero-order chi connectivity index (χ0) is 27.6. The molecule has 0 unspecified atom stereocenters. The van der Waals surface area contributed by atoms with Crippen molar-refractivity contribution < 1.29 is 23.8 Å². The average Bonchev–Trinajstić information content (AvgIpc) is 3.41. The second-order valence-corrected chi connectivity index (χ2v) is 10.0. The van der Waals surface area contributed by atoms with Gasteiger partial charge < -0.3 is 24.8 Å². The molecule has 11 nitrogen and oxygen atoms in total. The Kier molecular flexibility index (Phi) is 10.6. The smallest absolute Gasteiger partial charge is 0.261 e. The van der Waals surface area contributed by atoms with Crippen LogP contribution in [0.1, 0.15) is 38.0 Å². The van der Waals surface area contributed by atoms with Crippen LogP contribution in [0.25, 0.3) is 5.00 Å². The molecule has 1 aromatic carbocycles. The van der Waals surface area contributed by atoms with Crippen LogP contribution in [0.5, 0.6) is 0 Å². The molecule has 13 heteroatoms. The average molecular weight is 575 g/mol. The number of nitrogens with zero attached hydrogens (tertiary/aromatic N) is 4. The Morgan fingerprint density at radius 3 is 2.38 bits per heavy atom. The largest absolute Gasteiger partial charge is 0.377 e. The lowest BCUT2D eigenvalue weighted by atomic mass is 9.99. The number of rotatable bonds is 15. The summed E-state index contributed by atoms with van der Waals surface area (Å²) in [5.74, 6) is 1.29. The minimum Gasteiger partial charge on any atom is -0.377 e. The van der Waals surface area contributed by atoms with E-state index in [-0.39, 0.29) is 5.91 Å². The molecule has 0 saturated carbocycles. The van der Waals surface area contributed by atoms with E-state index < -0.39 is 0 Å². The van der Waals surface area contributed by atoms with Crippen molar-refractivity contribution in [2.24, 2.45) is 4.99 Å². The number of ether oxygens (including phenoxy) is 3. The molecule has 0 saturated heterocycles. The first-order valence-corrected chi connectivity index (χ1v) is 13.7. The van der Waals surface area contributed by atoms with Crippen LogP contribution in [-0.4, -0.2) is 85.5 Å². The van der Waals surface area contributed by atoms with Gasteiger partial charge >= 0.3 is 0 Å². The molecule has 2 N–H and O–H groups in total. The molecule has 208 valence electrons. The van der Waals surface area contributed by atoms with Crippen LogP contribution in [0.15, 0.2) is 29.3 Å². The summed E-state index contributed by atoms with van der Waals surface area (Å²) in [5.41, 5.74) is 3.46. The molecule has 3 aromatic rings. The minimum atomic E-state index is -0.172. The normalized spacial score (nSPS) is 12.3. The number of halogens is 1. The number of nitrogens with one attached hydrogen (secondary N) is 2. The number of carbonyl (C=O) groups is 2. The number of thiophene rings is 1. The number of benzene rings is 1. The van der Waals surface area contributed by atoms with Gasteiger partial charge in [0.15, 0.2) is 5.82 Å². The summed E-state index contributed by atoms with van der Waals surface area (Å²) in [6, 6.07) is 7.53. The van der Waals surface area contributed by atoms with Crippen molar-refractivity contribution in [3.63, 3.8) is 0 Å². The third kappa shape index (κ3) is 7.28. The molecule has 0 atom stereocenters. The highest BCUT2D eigenvalue weighted by atomic mass is 35.5. The number of hydrogen-bond donors (Lipinski definition) is 2. The van der Waals surface area contributed by atoms with Gasteiger partial charge in [-0.25, -0.2) is 0 Å². The van der Waals surface area contributed by atoms with Crippen molar-refractivity contribution in [3.8, 4) is 5.00 Å². The molecule has 39 heavy (non-hydrogen) atoms. The summed E-state index contributed by atoms with van der Waals surface area (Å²) in [6.45, 7) is 7.58. The summed E-state index contributed by atoms with van der Waals surface area (Å²) >= 11 is 7.52. The molecule has 4 rings (SSSR count). The van der Waals surface area contributed by atoms with E-state index in [0.717, 1.165) is 39.1 Å². The Labute approximate surface area is 235 Å². The quantitative estimate of drug-likeness (QED) is 0.211. The molecule has 0 aliphatic carbocycles. The van der Waals surface area contributed by atoms with Crippen molar-refractivity contribution in [1.29, 1.82) is 0 Å². The summed E-state index contributed by atoms with van der Waals surface area (Å²) in [5, 5.41) is 15.5. The van der Waals surface area contributed by atoms with Gasteiger partial charge in [0, 0.05) is 29.2 Å². The fourth-order valence-corrected chi connectivity index (χ4v) is 5.47. The molecule has 0 fully saturated rings. The number of aliphatic imine (C=N–C) groups is 1. The van der Waals surface area contributed by atoms with Gasteiger partial charge in [-0.15, -0.1) is 21.5 Å². The Hall–Kier alpha value is -3.16. The Balaban J connectivity index is 1.33. The minimum absolute atomic E-state index is 0.172. The SMILES string of the molecule is Cc1c(C(=O)NCCOCCOCCOCCNC=O)sc2c1C(c1ccc(Cl)cc1)=NCc1nnc(C)n1-2. The van der Waals surface area contributed by atoms with Crippen LogP contribution in [-0.2, 0) is 25.5 Å². The fourth-order valence-electron chi connectivity index (χ4n) is 4.05. The van der Waals surface area contributed by atoms with E-state index >= 15 is 0 Å². The van der Waals surface area contributed by atoms with E-state index in [2.05, 4.69) is 20.8 Å². The molecular formula is C26H31ClN6O5S. The van der Waals surface area contributed by atoms with Gasteiger partial charge in [-0.1, -0.05) is 23.7 Å². The van der Waals surface area contributed by atoms with Crippen molar-refractivity contribution >= 4 is 41.0 Å². The molecule has 3 heterocycles. The second-order valence-electron chi connectivity index (χ2n) is 8.57. The van der Waals surface area contributed by atoms with Crippen LogP contribution >= 0.6 is 22.9 Å². The zero-order valence-electron chi connectivity index (χ0n) is 21.9. The van der Waals surface area contributed by atoms with Crippen molar-refractivity contribution in [1.82, 2.24) is 25.4 Å². The summed E-state index contributed by atoms with van der Waals surface area (Å²) < 4.78 is 18.3. The van der Waals surface area contributed by atoms with Gasteiger partial charge in [0.2, 0.25) is 6.41 Å². The lowest BCUT2D eigenvalue weighted by molar-refractivity contribution is -0.109. The number of carbonyl (C=O) groups excluding carboxylic acids is 2. The van der Waals surface area contributed by atoms with Crippen LogP contribution < -0.4 is 10.6 Å². The molecule has 1 aliphatic heterocycles. The standard InChI is InChI=1S/C26H31ClN6O5S/c1-17-22-23(19-3-5-20(27)6-4-19)30-15-21-32-31-18(2)33(21)26(22)39-24(17)25(35)29-8-10-37-12-14-38-13-11-36-9-7-28-16-34/h3-6,16H,7-15H2,1-2H3,(H,28,34)(H,29,35). The Morgan fingerprint density at radius 1 is 1.03 bits per heavy atom. The van der Waals surface area contributed by atoms with Gasteiger partial charge in [-0.2, -0.15) is 0 Å². The van der Waals surface area contributed by atoms with Crippen LogP contribution in [0.2, 0.25) is 5.02 Å². The van der Waals surface area contributed by atoms with Crippen molar-refractivity contribution in [2.45, 2.75) is 20.4 Å². The molecule has 1 aliphatic rings. The molecule has 0 radical (unpaired) electrons. The molecular weight excluding hydrogens is 544 g/mol. The number of aryl methyl sites for hydroxylation is 1. The van der Waals surface area contributed by atoms with E-state index in [1.807, 2.05) is 42.7 Å². The monoisotopic (exact) mass is 574 g/mol. The number of aromatic nitrogens is 3. The van der Waals surface area contributed by atoms with Gasteiger partial charge in [-0.05, 0) is 31.5 Å². The predicted octanol–water partition coefficient (Wildman–Crippen LogP) is 2.48. The van der Waals surface area contributed by atoms with E-state index in [1.54, 1.807) is 0 Å². The van der Waals surface area contributed by atoms with Crippen LogP contribution in [0, 0.1) is 13.8 Å². The summed E-state index contributed by atoms with van der Waals surface area (Å²) in [7, 11) is 0. The van der Waals surface area contributed by atoms with E-state index in [0.29, 0.717) is 75.6 Å². The maximum atomic E-state index is 13.2. The van der Waals surface area contributed by atoms with Gasteiger partial charge in [-0.3, -0.25) is 19.1 Å². The van der Waals surface area contributed by atoms with Gasteiger partial charge in [0.25, 0.3) is 5.91 Å². The highest BCUT2D eigenvalue weighted by Crippen LogP contribution is 2.36. The Morgan fingerprint density at radius 2 is 1.69 bits per heavy atom.